The van der Waals surface area contributed by atoms with Crippen molar-refractivity contribution in [1.82, 2.24) is 14.8 Å². The van der Waals surface area contributed by atoms with E-state index in [0.29, 0.717) is 17.9 Å². The Bertz CT molecular complexity index is 1280. The van der Waals surface area contributed by atoms with Crippen molar-refractivity contribution in [3.8, 4) is 5.75 Å². The minimum Gasteiger partial charge on any atom is -0.503 e. The number of carbonyl (C=O) groups is 2. The lowest BCUT2D eigenvalue weighted by atomic mass is 10.0. The molecule has 3 heterocycles. The molecule has 8 nitrogen and oxygen atoms in total. The quantitative estimate of drug-likeness (QED) is 0.691. The second kappa shape index (κ2) is 8.44. The van der Waals surface area contributed by atoms with Crippen LogP contribution in [0.1, 0.15) is 66.1 Å². The molecular weight excluding hydrogens is 460 g/mol. The van der Waals surface area contributed by atoms with Crippen LogP contribution in [0.4, 0.5) is 8.78 Å². The van der Waals surface area contributed by atoms with Gasteiger partial charge in [-0.1, -0.05) is 13.0 Å². The molecule has 1 saturated heterocycles. The van der Waals surface area contributed by atoms with E-state index in [0.717, 1.165) is 18.9 Å². The molecule has 3 aliphatic rings. The van der Waals surface area contributed by atoms with Gasteiger partial charge in [-0.2, -0.15) is 0 Å². The Hall–Kier alpha value is -3.27. The lowest BCUT2D eigenvalue weighted by Crippen LogP contribution is -2.55. The van der Waals surface area contributed by atoms with Gasteiger partial charge < -0.3 is 24.6 Å². The molecule has 1 aliphatic carbocycles. The third-order valence-corrected chi connectivity index (χ3v) is 7.51. The summed E-state index contributed by atoms with van der Waals surface area (Å²) in [5.74, 6) is -3.06. The Kier molecular flexibility index (Phi) is 5.66. The number of benzene rings is 1. The second-order valence-electron chi connectivity index (χ2n) is 9.63. The summed E-state index contributed by atoms with van der Waals surface area (Å²) in [4.78, 5) is 41.0. The van der Waals surface area contributed by atoms with Crippen LogP contribution in [0.25, 0.3) is 0 Å². The summed E-state index contributed by atoms with van der Waals surface area (Å²) >= 11 is 0. The van der Waals surface area contributed by atoms with Gasteiger partial charge in [-0.25, -0.2) is 8.78 Å². The number of hydrogen-bond acceptors (Lipinski definition) is 5. The van der Waals surface area contributed by atoms with E-state index in [4.69, 9.17) is 4.74 Å². The monoisotopic (exact) mass is 487 g/mol. The first-order valence-corrected chi connectivity index (χ1v) is 11.8. The summed E-state index contributed by atoms with van der Waals surface area (Å²) < 4.78 is 34.9. The van der Waals surface area contributed by atoms with Crippen LogP contribution in [-0.4, -0.2) is 44.8 Å². The maximum Gasteiger partial charge on any atom is 0.276 e. The van der Waals surface area contributed by atoms with Gasteiger partial charge in [0.25, 0.3) is 11.8 Å². The van der Waals surface area contributed by atoms with E-state index in [2.05, 4.69) is 5.32 Å². The number of fused-ring (bicyclic) bond motifs is 3. The van der Waals surface area contributed by atoms with Gasteiger partial charge in [0.1, 0.15) is 17.2 Å². The lowest BCUT2D eigenvalue weighted by Gasteiger charge is -2.41. The summed E-state index contributed by atoms with van der Waals surface area (Å²) in [6, 6.07) is 2.04. The summed E-state index contributed by atoms with van der Waals surface area (Å²) in [6.45, 7) is 5.62. The van der Waals surface area contributed by atoms with E-state index in [9.17, 15) is 28.3 Å². The number of hydrogen-bond donors (Lipinski definition) is 2. The van der Waals surface area contributed by atoms with Crippen LogP contribution in [0.15, 0.2) is 29.2 Å². The molecule has 186 valence electrons. The summed E-state index contributed by atoms with van der Waals surface area (Å²) in [5.41, 5.74) is -1.51. The zero-order chi connectivity index (χ0) is 25.2. The number of nitrogens with one attached hydrogen (secondary N) is 1. The Morgan fingerprint density at radius 1 is 1.29 bits per heavy atom. The highest BCUT2D eigenvalue weighted by Gasteiger charge is 2.55. The standard InChI is InChI=1S/C25H27F2N3O5/c1-4-19-16-8-15(16)12(3)35-20-10-29-9-17(22(31)23(32)21(29)25(34)30(19)20)24(33)28-11(2)14-6-5-13(26)7-18(14)27/h5-7,9,11-12,15-16,19-20,32H,4,8,10H2,1-3H3,(H,28,33)/t11-,12?,15+,16+,19?,20-/m1/s1. The van der Waals surface area contributed by atoms with Gasteiger partial charge in [-0.05, 0) is 44.6 Å². The predicted molar refractivity (Wildman–Crippen MR) is 121 cm³/mol. The van der Waals surface area contributed by atoms with Gasteiger partial charge in [0.15, 0.2) is 17.7 Å². The molecule has 1 saturated carbocycles. The van der Waals surface area contributed by atoms with Gasteiger partial charge in [0, 0.05) is 23.9 Å². The average Bonchev–Trinajstić information content (AvgIpc) is 3.59. The van der Waals surface area contributed by atoms with Crippen LogP contribution in [0.2, 0.25) is 0 Å². The number of aromatic hydroxyl groups is 1. The fourth-order valence-electron chi connectivity index (χ4n) is 5.64. The number of amides is 2. The molecule has 2 unspecified atom stereocenters. The molecule has 35 heavy (non-hydrogen) atoms. The van der Waals surface area contributed by atoms with Crippen LogP contribution in [-0.2, 0) is 11.3 Å². The van der Waals surface area contributed by atoms with Crippen molar-refractivity contribution in [3.63, 3.8) is 0 Å². The maximum atomic E-state index is 14.1. The van der Waals surface area contributed by atoms with Gasteiger partial charge in [0.2, 0.25) is 5.43 Å². The molecule has 0 bridgehead atoms. The smallest absolute Gasteiger partial charge is 0.276 e. The average molecular weight is 488 g/mol. The van der Waals surface area contributed by atoms with Crippen molar-refractivity contribution in [2.75, 3.05) is 0 Å². The number of halogens is 2. The molecule has 10 heteroatoms. The highest BCUT2D eigenvalue weighted by atomic mass is 19.1. The third kappa shape index (κ3) is 3.80. The SMILES string of the molecule is CCC1[C@H]2C[C@H]2C(C)O[C@@H]2Cn3cc(C(=O)N[C@H](C)c4ccc(F)cc4F)c(=O)c(O)c3C(=O)N12. The predicted octanol–water partition coefficient (Wildman–Crippen LogP) is 2.94. The van der Waals surface area contributed by atoms with E-state index in [1.54, 1.807) is 4.90 Å². The molecule has 0 radical (unpaired) electrons. The molecule has 1 aromatic carbocycles. The third-order valence-electron chi connectivity index (χ3n) is 7.51. The van der Waals surface area contributed by atoms with E-state index in [1.807, 2.05) is 13.8 Å². The minimum absolute atomic E-state index is 0.0397. The highest BCUT2D eigenvalue weighted by Crippen LogP contribution is 2.51. The summed E-state index contributed by atoms with van der Waals surface area (Å²) in [6.07, 6.45) is 2.30. The topological polar surface area (TPSA) is 101 Å². The number of nitrogens with zero attached hydrogens (tertiary/aromatic N) is 2. The van der Waals surface area contributed by atoms with Crippen LogP contribution in [0.5, 0.6) is 5.75 Å². The first kappa shape index (κ1) is 23.5. The number of carbonyl (C=O) groups excluding carboxylic acids is 2. The summed E-state index contributed by atoms with van der Waals surface area (Å²) in [5, 5.41) is 13.2. The first-order valence-electron chi connectivity index (χ1n) is 11.8. The lowest BCUT2D eigenvalue weighted by molar-refractivity contribution is -0.0988. The van der Waals surface area contributed by atoms with Gasteiger partial charge in [-0.15, -0.1) is 0 Å². The molecular formula is C25H27F2N3O5. The molecule has 2 aliphatic heterocycles. The van der Waals surface area contributed by atoms with E-state index < -0.39 is 52.5 Å². The van der Waals surface area contributed by atoms with Crippen molar-refractivity contribution in [2.24, 2.45) is 11.8 Å². The number of aromatic nitrogens is 1. The zero-order valence-corrected chi connectivity index (χ0v) is 19.6. The highest BCUT2D eigenvalue weighted by molar-refractivity contribution is 5.99. The number of rotatable bonds is 4. The minimum atomic E-state index is -0.992. The number of pyridine rings is 1. The molecule has 5 rings (SSSR count). The van der Waals surface area contributed by atoms with Crippen LogP contribution >= 0.6 is 0 Å². The molecule has 2 aromatic rings. The second-order valence-corrected chi connectivity index (χ2v) is 9.63. The first-order chi connectivity index (χ1) is 16.6. The Balaban J connectivity index is 1.47. The molecule has 1 aromatic heterocycles. The van der Waals surface area contributed by atoms with Crippen molar-refractivity contribution >= 4 is 11.8 Å². The fraction of sp³-hybridized carbons (Fsp3) is 0.480. The molecule has 2 fully saturated rings. The van der Waals surface area contributed by atoms with E-state index in [-0.39, 0.29) is 29.9 Å². The van der Waals surface area contributed by atoms with Crippen LogP contribution in [0, 0.1) is 23.5 Å². The van der Waals surface area contributed by atoms with Crippen molar-refractivity contribution in [2.45, 2.75) is 64.6 Å². The molecule has 2 amide bonds. The van der Waals surface area contributed by atoms with Crippen LogP contribution in [0.3, 0.4) is 0 Å². The molecule has 6 atom stereocenters. The molecule has 2 N–H and O–H groups in total. The maximum absolute atomic E-state index is 14.1. The zero-order valence-electron chi connectivity index (χ0n) is 19.6. The van der Waals surface area contributed by atoms with Crippen molar-refractivity contribution in [3.05, 3.63) is 63.1 Å². The van der Waals surface area contributed by atoms with E-state index in [1.165, 1.54) is 23.8 Å². The van der Waals surface area contributed by atoms with Crippen molar-refractivity contribution < 1.29 is 28.2 Å². The van der Waals surface area contributed by atoms with E-state index >= 15 is 0 Å². The Labute approximate surface area is 200 Å². The van der Waals surface area contributed by atoms with Crippen LogP contribution < -0.4 is 10.7 Å². The fourth-order valence-corrected chi connectivity index (χ4v) is 5.64. The Morgan fingerprint density at radius 3 is 2.71 bits per heavy atom. The Morgan fingerprint density at radius 2 is 2.03 bits per heavy atom. The van der Waals surface area contributed by atoms with Gasteiger partial charge in [0.05, 0.1) is 18.7 Å². The van der Waals surface area contributed by atoms with Gasteiger partial charge in [-0.3, -0.25) is 14.4 Å². The normalized spacial score (nSPS) is 27.9. The number of ether oxygens (including phenoxy) is 1. The largest absolute Gasteiger partial charge is 0.503 e. The van der Waals surface area contributed by atoms with Crippen molar-refractivity contribution in [1.29, 1.82) is 0 Å². The van der Waals surface area contributed by atoms with Gasteiger partial charge >= 0.3 is 0 Å². The molecule has 0 spiro atoms. The summed E-state index contributed by atoms with van der Waals surface area (Å²) in [7, 11) is 0.